The Balaban J connectivity index is 1.93. The van der Waals surface area contributed by atoms with Gasteiger partial charge in [-0.3, -0.25) is 14.5 Å². The second kappa shape index (κ2) is 7.85. The van der Waals surface area contributed by atoms with Crippen molar-refractivity contribution in [2.24, 2.45) is 0 Å². The molecule has 30 heavy (non-hydrogen) atoms. The number of rotatable bonds is 3. The molecule has 0 fully saturated rings. The summed E-state index contributed by atoms with van der Waals surface area (Å²) < 4.78 is 14.6. The van der Waals surface area contributed by atoms with E-state index in [1.54, 1.807) is 0 Å². The number of carboxylic acids is 1. The number of carbonyl (C=O) groups is 3. The van der Waals surface area contributed by atoms with Gasteiger partial charge in [0.05, 0.1) is 16.3 Å². The van der Waals surface area contributed by atoms with E-state index in [1.165, 1.54) is 41.3 Å². The van der Waals surface area contributed by atoms with E-state index in [1.807, 2.05) is 0 Å². The molecule has 1 aliphatic heterocycles. The minimum atomic E-state index is -1.16. The fourth-order valence-corrected chi connectivity index (χ4v) is 4.68. The van der Waals surface area contributed by atoms with Crippen LogP contribution in [0.2, 0.25) is 10.0 Å². The minimum Gasteiger partial charge on any atom is -0.478 e. The first-order valence-electron chi connectivity index (χ1n) is 9.35. The number of aromatic carboxylic acids is 1. The molecular formula is C22H16Cl2FNO4. The number of hydrogen-bond acceptors (Lipinski definition) is 3. The number of Topliss-reactive ketones (excluding diaryl/α,β-unsaturated/α-hetero) is 1. The summed E-state index contributed by atoms with van der Waals surface area (Å²) in [7, 11) is 0. The predicted octanol–water partition coefficient (Wildman–Crippen LogP) is 5.36. The second-order valence-electron chi connectivity index (χ2n) is 7.23. The number of ketones is 1. The van der Waals surface area contributed by atoms with Gasteiger partial charge in [0.1, 0.15) is 5.82 Å². The summed E-state index contributed by atoms with van der Waals surface area (Å²) >= 11 is 12.5. The largest absolute Gasteiger partial charge is 0.478 e. The number of hydrogen-bond donors (Lipinski definition) is 1. The van der Waals surface area contributed by atoms with Crippen LogP contribution in [-0.4, -0.2) is 22.8 Å². The highest BCUT2D eigenvalue weighted by atomic mass is 35.5. The first-order chi connectivity index (χ1) is 14.3. The summed E-state index contributed by atoms with van der Waals surface area (Å²) in [6.07, 6.45) is 1.03. The van der Waals surface area contributed by atoms with E-state index < -0.39 is 23.6 Å². The molecular weight excluding hydrogens is 432 g/mol. The van der Waals surface area contributed by atoms with E-state index in [0.29, 0.717) is 24.1 Å². The highest BCUT2D eigenvalue weighted by Gasteiger charge is 2.41. The number of anilines is 1. The van der Waals surface area contributed by atoms with E-state index in [9.17, 15) is 23.9 Å². The van der Waals surface area contributed by atoms with Gasteiger partial charge in [-0.2, -0.15) is 0 Å². The third kappa shape index (κ3) is 3.40. The summed E-state index contributed by atoms with van der Waals surface area (Å²) in [5.74, 6) is -3.13. The zero-order chi connectivity index (χ0) is 21.6. The Bertz CT molecular complexity index is 1110. The molecule has 1 heterocycles. The Kier molecular flexibility index (Phi) is 5.38. The van der Waals surface area contributed by atoms with Crippen LogP contribution < -0.4 is 4.90 Å². The maximum atomic E-state index is 14.6. The molecule has 0 bridgehead atoms. The zero-order valence-corrected chi connectivity index (χ0v) is 17.1. The first-order valence-corrected chi connectivity index (χ1v) is 10.1. The molecule has 5 nitrogen and oxygen atoms in total. The number of halogens is 3. The Labute approximate surface area is 181 Å². The Hall–Kier alpha value is -2.70. The van der Waals surface area contributed by atoms with Crippen molar-refractivity contribution in [3.05, 3.63) is 74.7 Å². The van der Waals surface area contributed by atoms with Crippen LogP contribution >= 0.6 is 23.2 Å². The molecule has 154 valence electrons. The van der Waals surface area contributed by atoms with Gasteiger partial charge in [-0.25, -0.2) is 9.18 Å². The van der Waals surface area contributed by atoms with Gasteiger partial charge in [-0.15, -0.1) is 0 Å². The van der Waals surface area contributed by atoms with Crippen LogP contribution in [0.5, 0.6) is 0 Å². The zero-order valence-electron chi connectivity index (χ0n) is 15.6. The Morgan fingerprint density at radius 1 is 1.10 bits per heavy atom. The van der Waals surface area contributed by atoms with Crippen LogP contribution in [0.25, 0.3) is 0 Å². The summed E-state index contributed by atoms with van der Waals surface area (Å²) in [6, 6.07) is 8.29. The molecule has 1 amide bonds. The molecule has 0 radical (unpaired) electrons. The lowest BCUT2D eigenvalue weighted by molar-refractivity contribution is -0.119. The maximum absolute atomic E-state index is 14.6. The maximum Gasteiger partial charge on any atom is 0.335 e. The van der Waals surface area contributed by atoms with Crippen molar-refractivity contribution in [1.82, 2.24) is 0 Å². The van der Waals surface area contributed by atoms with Gasteiger partial charge in [0.2, 0.25) is 5.91 Å². The molecule has 1 N–H and O–H groups in total. The van der Waals surface area contributed by atoms with Gasteiger partial charge in [-0.05, 0) is 43.2 Å². The molecule has 0 spiro atoms. The molecule has 1 atom stereocenters. The van der Waals surface area contributed by atoms with Crippen LogP contribution in [0.15, 0.2) is 47.7 Å². The van der Waals surface area contributed by atoms with Crippen molar-refractivity contribution in [2.45, 2.75) is 31.6 Å². The van der Waals surface area contributed by atoms with E-state index in [2.05, 4.69) is 0 Å². The lowest BCUT2D eigenvalue weighted by Crippen LogP contribution is -2.41. The van der Waals surface area contributed by atoms with E-state index in [4.69, 9.17) is 23.2 Å². The van der Waals surface area contributed by atoms with Crippen molar-refractivity contribution in [1.29, 1.82) is 0 Å². The molecule has 2 aromatic rings. The van der Waals surface area contributed by atoms with Crippen LogP contribution in [-0.2, 0) is 9.59 Å². The molecule has 0 saturated carbocycles. The third-order valence-electron chi connectivity index (χ3n) is 5.46. The Morgan fingerprint density at radius 3 is 2.57 bits per heavy atom. The van der Waals surface area contributed by atoms with Crippen molar-refractivity contribution >= 4 is 46.5 Å². The quantitative estimate of drug-likeness (QED) is 0.686. The van der Waals surface area contributed by atoms with Crippen molar-refractivity contribution in [3.63, 3.8) is 0 Å². The van der Waals surface area contributed by atoms with Gasteiger partial charge in [0.25, 0.3) is 0 Å². The lowest BCUT2D eigenvalue weighted by Gasteiger charge is -2.39. The van der Waals surface area contributed by atoms with E-state index in [-0.39, 0.29) is 45.5 Å². The van der Waals surface area contributed by atoms with Crippen molar-refractivity contribution in [3.8, 4) is 0 Å². The van der Waals surface area contributed by atoms with Crippen molar-refractivity contribution in [2.75, 3.05) is 4.90 Å². The third-order valence-corrected chi connectivity index (χ3v) is 6.11. The number of allylic oxidation sites excluding steroid dienone is 2. The number of nitrogens with zero attached hydrogens (tertiary/aromatic N) is 1. The fourth-order valence-electron chi connectivity index (χ4n) is 4.18. The fraction of sp³-hybridized carbons (Fsp3) is 0.227. The van der Waals surface area contributed by atoms with Gasteiger partial charge in [0.15, 0.2) is 5.78 Å². The molecule has 0 aromatic heterocycles. The lowest BCUT2D eigenvalue weighted by atomic mass is 9.77. The molecule has 1 unspecified atom stereocenters. The molecule has 0 saturated heterocycles. The second-order valence-corrected chi connectivity index (χ2v) is 8.04. The number of amides is 1. The smallest absolute Gasteiger partial charge is 0.335 e. The van der Waals surface area contributed by atoms with Gasteiger partial charge in [0, 0.05) is 40.6 Å². The normalized spacial score (nSPS) is 19.2. The minimum absolute atomic E-state index is 0.0363. The summed E-state index contributed by atoms with van der Waals surface area (Å²) in [4.78, 5) is 38.8. The average molecular weight is 448 g/mol. The molecule has 1 aliphatic carbocycles. The molecule has 4 rings (SSSR count). The summed E-state index contributed by atoms with van der Waals surface area (Å²) in [6.45, 7) is 0. The van der Waals surface area contributed by atoms with Crippen LogP contribution in [0.3, 0.4) is 0 Å². The van der Waals surface area contributed by atoms with Gasteiger partial charge >= 0.3 is 5.97 Å². The van der Waals surface area contributed by atoms with Gasteiger partial charge in [-0.1, -0.05) is 29.3 Å². The first kappa shape index (κ1) is 20.6. The van der Waals surface area contributed by atoms with Crippen LogP contribution in [0, 0.1) is 5.82 Å². The average Bonchev–Trinajstić information content (AvgIpc) is 2.68. The highest BCUT2D eigenvalue weighted by molar-refractivity contribution is 6.34. The van der Waals surface area contributed by atoms with Crippen LogP contribution in [0.4, 0.5) is 10.1 Å². The van der Waals surface area contributed by atoms with Crippen molar-refractivity contribution < 1.29 is 23.9 Å². The number of carbonyl (C=O) groups excluding carboxylic acids is 2. The van der Waals surface area contributed by atoms with E-state index >= 15 is 0 Å². The van der Waals surface area contributed by atoms with E-state index in [0.717, 1.165) is 0 Å². The standard InChI is InChI=1S/C22H16Cl2FNO4/c23-13-8-7-11(22(29)30)9-17(13)26-16-5-2-6-18(27)21(16)12(10-19(26)28)20-14(24)3-1-4-15(20)25/h1,3-4,7-9,12H,2,5-6,10H2,(H,29,30). The summed E-state index contributed by atoms with van der Waals surface area (Å²) in [5.41, 5.74) is 1.05. The summed E-state index contributed by atoms with van der Waals surface area (Å²) in [5, 5.41) is 9.65. The monoisotopic (exact) mass is 447 g/mol. The number of benzene rings is 2. The molecule has 2 aliphatic rings. The van der Waals surface area contributed by atoms with Crippen LogP contribution in [0.1, 0.15) is 47.5 Å². The SMILES string of the molecule is O=C1CCCC2=C1C(c1c(F)cccc1Cl)CC(=O)N2c1cc(C(=O)O)ccc1Cl. The molecule has 2 aromatic carbocycles. The highest BCUT2D eigenvalue weighted by Crippen LogP contribution is 2.46. The Morgan fingerprint density at radius 2 is 1.87 bits per heavy atom. The number of carboxylic acid groups (broad SMARTS) is 1. The topological polar surface area (TPSA) is 74.7 Å². The predicted molar refractivity (Wildman–Crippen MR) is 111 cm³/mol. The molecule has 8 heteroatoms. The van der Waals surface area contributed by atoms with Gasteiger partial charge < -0.3 is 5.11 Å².